The van der Waals surface area contributed by atoms with Gasteiger partial charge in [-0.1, -0.05) is 24.3 Å². The number of benzene rings is 1. The van der Waals surface area contributed by atoms with Crippen LogP contribution in [-0.2, 0) is 11.2 Å². The van der Waals surface area contributed by atoms with Gasteiger partial charge in [-0.25, -0.2) is 0 Å². The van der Waals surface area contributed by atoms with Crippen LogP contribution in [0.3, 0.4) is 0 Å². The molecule has 94 valence electrons. The van der Waals surface area contributed by atoms with E-state index < -0.39 is 0 Å². The minimum absolute atomic E-state index is 0.0591. The number of ketones is 1. The van der Waals surface area contributed by atoms with Crippen molar-refractivity contribution in [2.45, 2.75) is 19.8 Å². The van der Waals surface area contributed by atoms with Crippen molar-refractivity contribution in [1.29, 1.82) is 5.26 Å². The monoisotopic (exact) mass is 251 g/mol. The summed E-state index contributed by atoms with van der Waals surface area (Å²) in [5.74, 6) is 1.30. The summed E-state index contributed by atoms with van der Waals surface area (Å²) in [4.78, 5) is 12.0. The number of hydrogen-bond acceptors (Lipinski definition) is 3. The number of nitrogens with zero attached hydrogens (tertiary/aromatic N) is 1. The van der Waals surface area contributed by atoms with Crippen LogP contribution < -0.4 is 4.74 Å². The normalized spacial score (nSPS) is 20.4. The van der Waals surface area contributed by atoms with Crippen molar-refractivity contribution in [3.63, 3.8) is 0 Å². The first kappa shape index (κ1) is 11.7. The summed E-state index contributed by atoms with van der Waals surface area (Å²) in [6, 6.07) is 8.09. The van der Waals surface area contributed by atoms with Crippen molar-refractivity contribution in [3.8, 4) is 11.8 Å². The molecule has 1 aromatic carbocycles. The average molecular weight is 251 g/mol. The number of carbonyl (C=O) groups excluding carboxylic acids is 1. The molecule has 0 amide bonds. The van der Waals surface area contributed by atoms with Crippen LogP contribution >= 0.6 is 0 Å². The van der Waals surface area contributed by atoms with Crippen molar-refractivity contribution in [2.24, 2.45) is 5.92 Å². The molecule has 1 atom stereocenters. The zero-order chi connectivity index (χ0) is 13.4. The zero-order valence-corrected chi connectivity index (χ0v) is 10.6. The molecule has 1 aliphatic carbocycles. The van der Waals surface area contributed by atoms with Crippen molar-refractivity contribution < 1.29 is 9.53 Å². The second kappa shape index (κ2) is 4.40. The van der Waals surface area contributed by atoms with Gasteiger partial charge in [0.15, 0.2) is 5.78 Å². The molecule has 0 N–H and O–H groups in total. The molecule has 2 aliphatic rings. The fourth-order valence-electron chi connectivity index (χ4n) is 2.65. The Balaban J connectivity index is 2.12. The maximum atomic E-state index is 12.0. The molecule has 0 fully saturated rings. The summed E-state index contributed by atoms with van der Waals surface area (Å²) in [6.45, 7) is 1.99. The van der Waals surface area contributed by atoms with E-state index in [1.54, 1.807) is 12.2 Å². The molecule has 0 bridgehead atoms. The molecular formula is C16H13NO2. The van der Waals surface area contributed by atoms with E-state index in [0.717, 1.165) is 22.4 Å². The van der Waals surface area contributed by atoms with Crippen molar-refractivity contribution >= 4 is 5.78 Å². The van der Waals surface area contributed by atoms with Crippen LogP contribution in [0.25, 0.3) is 0 Å². The highest BCUT2D eigenvalue weighted by Gasteiger charge is 2.34. The molecule has 0 saturated heterocycles. The first-order valence-electron chi connectivity index (χ1n) is 6.29. The molecule has 3 heteroatoms. The number of ether oxygens (including phenoxy) is 1. The van der Waals surface area contributed by atoms with Crippen molar-refractivity contribution in [1.82, 2.24) is 0 Å². The predicted octanol–water partition coefficient (Wildman–Crippen LogP) is 2.85. The van der Waals surface area contributed by atoms with Crippen LogP contribution in [0.15, 0.2) is 41.7 Å². The molecule has 1 aliphatic heterocycles. The van der Waals surface area contributed by atoms with Gasteiger partial charge in [0.05, 0.1) is 18.4 Å². The highest BCUT2D eigenvalue weighted by atomic mass is 16.5. The third-order valence-corrected chi connectivity index (χ3v) is 3.62. The number of hydrogen-bond donors (Lipinski definition) is 0. The van der Waals surface area contributed by atoms with Gasteiger partial charge in [0.25, 0.3) is 0 Å². The third kappa shape index (κ3) is 1.86. The Labute approximate surface area is 111 Å². The van der Waals surface area contributed by atoms with E-state index in [1.165, 1.54) is 0 Å². The van der Waals surface area contributed by atoms with Gasteiger partial charge in [-0.2, -0.15) is 5.26 Å². The molecule has 0 saturated carbocycles. The van der Waals surface area contributed by atoms with E-state index in [0.29, 0.717) is 12.2 Å². The lowest BCUT2D eigenvalue weighted by atomic mass is 9.84. The number of fused-ring (bicyclic) bond motifs is 2. The van der Waals surface area contributed by atoms with Crippen LogP contribution in [-0.4, -0.2) is 5.78 Å². The van der Waals surface area contributed by atoms with E-state index in [1.807, 2.05) is 25.1 Å². The third-order valence-electron chi connectivity index (χ3n) is 3.62. The van der Waals surface area contributed by atoms with E-state index in [4.69, 9.17) is 10.00 Å². The lowest BCUT2D eigenvalue weighted by Gasteiger charge is -2.30. The van der Waals surface area contributed by atoms with Crippen LogP contribution in [0.2, 0.25) is 0 Å². The number of para-hydroxylation sites is 1. The minimum atomic E-state index is -0.261. The fourth-order valence-corrected chi connectivity index (χ4v) is 2.65. The van der Waals surface area contributed by atoms with E-state index in [2.05, 4.69) is 6.07 Å². The smallest absolute Gasteiger partial charge is 0.166 e. The summed E-state index contributed by atoms with van der Waals surface area (Å²) >= 11 is 0. The van der Waals surface area contributed by atoms with Gasteiger partial charge in [-0.3, -0.25) is 4.79 Å². The quantitative estimate of drug-likeness (QED) is 0.771. The average Bonchev–Trinajstić information content (AvgIpc) is 2.42. The largest absolute Gasteiger partial charge is 0.460 e. The lowest BCUT2D eigenvalue weighted by Crippen LogP contribution is -2.29. The first-order chi connectivity index (χ1) is 9.20. The summed E-state index contributed by atoms with van der Waals surface area (Å²) < 4.78 is 5.96. The van der Waals surface area contributed by atoms with Gasteiger partial charge in [-0.15, -0.1) is 0 Å². The Morgan fingerprint density at radius 1 is 1.42 bits per heavy atom. The molecule has 1 unspecified atom stereocenters. The topological polar surface area (TPSA) is 50.1 Å². The molecule has 1 heterocycles. The zero-order valence-electron chi connectivity index (χ0n) is 10.6. The number of aryl methyl sites for hydroxylation is 1. The van der Waals surface area contributed by atoms with Crippen LogP contribution in [0.4, 0.5) is 0 Å². The number of rotatable bonds is 1. The van der Waals surface area contributed by atoms with Crippen LogP contribution in [0.1, 0.15) is 17.5 Å². The lowest BCUT2D eigenvalue weighted by molar-refractivity contribution is -0.118. The van der Waals surface area contributed by atoms with Gasteiger partial charge in [-0.05, 0) is 30.5 Å². The summed E-state index contributed by atoms with van der Waals surface area (Å²) in [5, 5.41) is 8.87. The Bertz CT molecular complexity index is 662. The molecule has 0 radical (unpaired) electrons. The second-order valence-corrected chi connectivity index (χ2v) is 4.88. The SMILES string of the molecule is Cc1cccc2c1OC1=C(CC#N)C=CC(=O)C1C2. The molecule has 1 aromatic rings. The van der Waals surface area contributed by atoms with E-state index >= 15 is 0 Å². The summed E-state index contributed by atoms with van der Waals surface area (Å²) in [5.41, 5.74) is 2.94. The molecular weight excluding hydrogens is 238 g/mol. The molecule has 19 heavy (non-hydrogen) atoms. The highest BCUT2D eigenvalue weighted by Crippen LogP contribution is 2.39. The first-order valence-corrected chi connectivity index (χ1v) is 6.29. The van der Waals surface area contributed by atoms with Gasteiger partial charge >= 0.3 is 0 Å². The van der Waals surface area contributed by atoms with Crippen LogP contribution in [0, 0.1) is 24.2 Å². The maximum Gasteiger partial charge on any atom is 0.166 e. The van der Waals surface area contributed by atoms with Gasteiger partial charge in [0.1, 0.15) is 11.5 Å². The van der Waals surface area contributed by atoms with Gasteiger partial charge < -0.3 is 4.74 Å². The Morgan fingerprint density at radius 2 is 2.26 bits per heavy atom. The fraction of sp³-hybridized carbons (Fsp3) is 0.250. The Kier molecular flexibility index (Phi) is 2.72. The second-order valence-electron chi connectivity index (χ2n) is 4.88. The number of allylic oxidation sites excluding steroid dienone is 4. The number of nitriles is 1. The Morgan fingerprint density at radius 3 is 3.05 bits per heavy atom. The van der Waals surface area contributed by atoms with Gasteiger partial charge in [0.2, 0.25) is 0 Å². The molecule has 0 aromatic heterocycles. The number of carbonyl (C=O) groups is 1. The highest BCUT2D eigenvalue weighted by molar-refractivity contribution is 5.96. The molecule has 0 spiro atoms. The summed E-state index contributed by atoms with van der Waals surface area (Å²) in [7, 11) is 0. The van der Waals surface area contributed by atoms with E-state index in [-0.39, 0.29) is 18.1 Å². The maximum absolute atomic E-state index is 12.0. The van der Waals surface area contributed by atoms with Crippen molar-refractivity contribution in [3.05, 3.63) is 52.8 Å². The van der Waals surface area contributed by atoms with E-state index in [9.17, 15) is 4.79 Å². The van der Waals surface area contributed by atoms with Crippen LogP contribution in [0.5, 0.6) is 5.75 Å². The summed E-state index contributed by atoms with van der Waals surface area (Å²) in [6.07, 6.45) is 4.20. The predicted molar refractivity (Wildman–Crippen MR) is 70.4 cm³/mol. The standard InChI is InChI=1S/C16H13NO2/c1-10-3-2-4-12-9-13-14(18)6-5-11(7-8-17)16(13)19-15(10)12/h2-6,13H,7,9H2,1H3. The Hall–Kier alpha value is -2.34. The molecule has 3 rings (SSSR count). The minimum Gasteiger partial charge on any atom is -0.460 e. The van der Waals surface area contributed by atoms with Crippen molar-refractivity contribution in [2.75, 3.05) is 0 Å². The van der Waals surface area contributed by atoms with Gasteiger partial charge in [0, 0.05) is 5.57 Å². The molecule has 3 nitrogen and oxygen atoms in total.